The molecule has 112 valence electrons. The van der Waals surface area contributed by atoms with E-state index in [1.54, 1.807) is 18.2 Å². The second-order valence-corrected chi connectivity index (χ2v) is 4.06. The van der Waals surface area contributed by atoms with E-state index in [9.17, 15) is 14.9 Å². The lowest BCUT2D eigenvalue weighted by Crippen LogP contribution is -1.96. The van der Waals surface area contributed by atoms with Crippen LogP contribution in [0.2, 0.25) is 0 Å². The maximum Gasteiger partial charge on any atom is 0.433 e. The van der Waals surface area contributed by atoms with E-state index in [-0.39, 0.29) is 11.4 Å². The highest BCUT2D eigenvalue weighted by Gasteiger charge is 2.09. The Kier molecular flexibility index (Phi) is 4.66. The molecule has 0 aliphatic rings. The van der Waals surface area contributed by atoms with Crippen LogP contribution < -0.4 is 5.43 Å². The van der Waals surface area contributed by atoms with E-state index in [1.165, 1.54) is 36.6 Å². The molecular weight excluding hydrogens is 290 g/mol. The van der Waals surface area contributed by atoms with Crippen molar-refractivity contribution < 1.29 is 19.2 Å². The molecule has 2 rings (SSSR count). The molecule has 1 aromatic heterocycles. The fraction of sp³-hybridized carbons (Fsp3) is 0. The molecule has 0 fully saturated rings. The zero-order valence-corrected chi connectivity index (χ0v) is 11.2. The van der Waals surface area contributed by atoms with Crippen LogP contribution in [0.1, 0.15) is 16.1 Å². The SMILES string of the molecule is O=C(O)c1ccc(N/N=C/C=C/c2ccc([N+](=O)[O-])o2)cc1. The maximum atomic E-state index is 10.7. The molecule has 0 atom stereocenters. The number of allylic oxidation sites excluding steroid dienone is 1. The highest BCUT2D eigenvalue weighted by Crippen LogP contribution is 2.16. The minimum Gasteiger partial charge on any atom is -0.478 e. The molecule has 0 saturated heterocycles. The summed E-state index contributed by atoms with van der Waals surface area (Å²) in [6, 6.07) is 8.82. The average molecular weight is 301 g/mol. The number of anilines is 1. The van der Waals surface area contributed by atoms with Gasteiger partial charge in [-0.15, -0.1) is 0 Å². The van der Waals surface area contributed by atoms with E-state index < -0.39 is 10.9 Å². The van der Waals surface area contributed by atoms with Crippen LogP contribution in [0.15, 0.2) is 52.0 Å². The minimum atomic E-state index is -0.995. The average Bonchev–Trinajstić information content (AvgIpc) is 2.96. The van der Waals surface area contributed by atoms with E-state index in [0.717, 1.165) is 0 Å². The number of nitrogens with one attached hydrogen (secondary N) is 1. The summed E-state index contributed by atoms with van der Waals surface area (Å²) in [5, 5.41) is 23.1. The van der Waals surface area contributed by atoms with E-state index >= 15 is 0 Å². The Morgan fingerprint density at radius 2 is 2.00 bits per heavy atom. The van der Waals surface area contributed by atoms with Crippen LogP contribution in [0.3, 0.4) is 0 Å². The third-order valence-electron chi connectivity index (χ3n) is 2.54. The van der Waals surface area contributed by atoms with Gasteiger partial charge in [0.1, 0.15) is 10.7 Å². The summed E-state index contributed by atoms with van der Waals surface area (Å²) in [5.41, 5.74) is 3.52. The summed E-state index contributed by atoms with van der Waals surface area (Å²) in [6.45, 7) is 0. The quantitative estimate of drug-likeness (QED) is 0.481. The van der Waals surface area contributed by atoms with Crippen LogP contribution >= 0.6 is 0 Å². The first-order valence-electron chi connectivity index (χ1n) is 6.09. The molecule has 8 heteroatoms. The number of rotatable bonds is 6. The number of aromatic carboxylic acids is 1. The lowest BCUT2D eigenvalue weighted by Gasteiger charge is -1.99. The molecule has 0 unspecified atom stereocenters. The lowest BCUT2D eigenvalue weighted by molar-refractivity contribution is -0.402. The van der Waals surface area contributed by atoms with Crippen molar-refractivity contribution in [1.29, 1.82) is 0 Å². The Labute approximate surface area is 124 Å². The lowest BCUT2D eigenvalue weighted by atomic mass is 10.2. The second kappa shape index (κ2) is 6.84. The molecule has 0 amide bonds. The number of hydrogen-bond acceptors (Lipinski definition) is 6. The summed E-state index contributed by atoms with van der Waals surface area (Å²) >= 11 is 0. The zero-order chi connectivity index (χ0) is 15.9. The number of hydrazone groups is 1. The number of hydrogen-bond donors (Lipinski definition) is 2. The molecule has 8 nitrogen and oxygen atoms in total. The van der Waals surface area contributed by atoms with Gasteiger partial charge in [-0.25, -0.2) is 4.79 Å². The van der Waals surface area contributed by atoms with Gasteiger partial charge in [-0.2, -0.15) is 5.10 Å². The predicted octanol–water partition coefficient (Wildman–Crippen LogP) is 3.00. The molecule has 0 saturated carbocycles. The first-order valence-corrected chi connectivity index (χ1v) is 6.09. The number of carbonyl (C=O) groups is 1. The van der Waals surface area contributed by atoms with Crippen molar-refractivity contribution >= 4 is 29.8 Å². The fourth-order valence-electron chi connectivity index (χ4n) is 1.51. The number of furan rings is 1. The predicted molar refractivity (Wildman–Crippen MR) is 79.9 cm³/mol. The third-order valence-corrected chi connectivity index (χ3v) is 2.54. The van der Waals surface area contributed by atoms with Gasteiger partial charge in [0.05, 0.1) is 17.3 Å². The number of carboxylic acid groups (broad SMARTS) is 1. The van der Waals surface area contributed by atoms with Crippen molar-refractivity contribution in [3.8, 4) is 0 Å². The Hall–Kier alpha value is -3.42. The monoisotopic (exact) mass is 301 g/mol. The number of nitro groups is 1. The van der Waals surface area contributed by atoms with Crippen molar-refractivity contribution in [2.45, 2.75) is 0 Å². The van der Waals surface area contributed by atoms with Crippen LogP contribution in [-0.4, -0.2) is 22.2 Å². The third kappa shape index (κ3) is 4.04. The Bertz CT molecular complexity index is 731. The van der Waals surface area contributed by atoms with Crippen molar-refractivity contribution in [3.63, 3.8) is 0 Å². The summed E-state index contributed by atoms with van der Waals surface area (Å²) in [5.74, 6) is -0.984. The largest absolute Gasteiger partial charge is 0.478 e. The normalized spacial score (nSPS) is 11.1. The smallest absolute Gasteiger partial charge is 0.433 e. The van der Waals surface area contributed by atoms with Crippen LogP contribution in [0.5, 0.6) is 0 Å². The molecule has 0 radical (unpaired) electrons. The van der Waals surface area contributed by atoms with Crippen LogP contribution in [0, 0.1) is 10.1 Å². The molecule has 22 heavy (non-hydrogen) atoms. The van der Waals surface area contributed by atoms with Crippen molar-refractivity contribution in [2.24, 2.45) is 5.10 Å². The minimum absolute atomic E-state index is 0.189. The van der Waals surface area contributed by atoms with Crippen LogP contribution in [0.25, 0.3) is 6.08 Å². The van der Waals surface area contributed by atoms with Crippen molar-refractivity contribution in [2.75, 3.05) is 5.43 Å². The van der Waals surface area contributed by atoms with Crippen molar-refractivity contribution in [1.82, 2.24) is 0 Å². The topological polar surface area (TPSA) is 118 Å². The summed E-state index contributed by atoms with van der Waals surface area (Å²) < 4.78 is 4.92. The van der Waals surface area contributed by atoms with Gasteiger partial charge in [-0.05, 0) is 42.5 Å². The highest BCUT2D eigenvalue weighted by molar-refractivity contribution is 5.88. The first-order chi connectivity index (χ1) is 10.6. The fourth-order valence-corrected chi connectivity index (χ4v) is 1.51. The van der Waals surface area contributed by atoms with E-state index in [2.05, 4.69) is 10.5 Å². The Balaban J connectivity index is 1.88. The van der Waals surface area contributed by atoms with Crippen molar-refractivity contribution in [3.05, 3.63) is 63.9 Å². The van der Waals surface area contributed by atoms with Gasteiger partial charge in [-0.1, -0.05) is 0 Å². The highest BCUT2D eigenvalue weighted by atomic mass is 16.6. The Morgan fingerprint density at radius 3 is 2.59 bits per heavy atom. The molecule has 1 heterocycles. The molecule has 0 aliphatic carbocycles. The molecule has 0 aliphatic heterocycles. The number of nitrogens with zero attached hydrogens (tertiary/aromatic N) is 2. The van der Waals surface area contributed by atoms with Gasteiger partial charge in [0, 0.05) is 6.21 Å². The number of carboxylic acids is 1. The van der Waals surface area contributed by atoms with E-state index in [0.29, 0.717) is 11.4 Å². The van der Waals surface area contributed by atoms with E-state index in [4.69, 9.17) is 9.52 Å². The molecule has 0 spiro atoms. The van der Waals surface area contributed by atoms with Crippen LogP contribution in [-0.2, 0) is 0 Å². The Morgan fingerprint density at radius 1 is 1.27 bits per heavy atom. The first kappa shape index (κ1) is 15.0. The molecule has 2 N–H and O–H groups in total. The summed E-state index contributed by atoms with van der Waals surface area (Å²) in [7, 11) is 0. The molecule has 1 aromatic carbocycles. The van der Waals surface area contributed by atoms with Gasteiger partial charge in [-0.3, -0.25) is 15.5 Å². The molecular formula is C14H11N3O5. The van der Waals surface area contributed by atoms with Gasteiger partial charge < -0.3 is 9.52 Å². The van der Waals surface area contributed by atoms with Gasteiger partial charge in [0.15, 0.2) is 0 Å². The van der Waals surface area contributed by atoms with Gasteiger partial charge >= 0.3 is 11.9 Å². The summed E-state index contributed by atoms with van der Waals surface area (Å²) in [4.78, 5) is 20.5. The zero-order valence-electron chi connectivity index (χ0n) is 11.2. The van der Waals surface area contributed by atoms with Gasteiger partial charge in [0.25, 0.3) is 0 Å². The van der Waals surface area contributed by atoms with E-state index in [1.807, 2.05) is 0 Å². The molecule has 2 aromatic rings. The van der Waals surface area contributed by atoms with Gasteiger partial charge in [0.2, 0.25) is 0 Å². The number of benzene rings is 1. The maximum absolute atomic E-state index is 10.7. The second-order valence-electron chi connectivity index (χ2n) is 4.06. The summed E-state index contributed by atoms with van der Waals surface area (Å²) in [6.07, 6.45) is 4.49. The van der Waals surface area contributed by atoms with Crippen LogP contribution in [0.4, 0.5) is 11.6 Å². The molecule has 0 bridgehead atoms. The standard InChI is InChI=1S/C14H11N3O5/c18-14(19)10-3-5-11(6-4-10)16-15-9-1-2-12-7-8-13(22-12)17(20)21/h1-9,16H,(H,18,19)/b2-1+,15-9+.